The van der Waals surface area contributed by atoms with Crippen LogP contribution in [0.3, 0.4) is 0 Å². The molecule has 3 nitrogen and oxygen atoms in total. The fraction of sp³-hybridized carbons (Fsp3) is 0.214. The molecule has 2 unspecified atom stereocenters. The van der Waals surface area contributed by atoms with E-state index in [4.69, 9.17) is 5.73 Å². The number of hydrogen-bond acceptors (Lipinski definition) is 3. The van der Waals surface area contributed by atoms with Crippen molar-refractivity contribution in [2.45, 2.75) is 12.0 Å². The molecule has 2 aromatic rings. The van der Waals surface area contributed by atoms with E-state index in [9.17, 15) is 13.9 Å². The molecule has 0 saturated heterocycles. The van der Waals surface area contributed by atoms with Crippen molar-refractivity contribution >= 4 is 0 Å². The maximum Gasteiger partial charge on any atom is 0.129 e. The van der Waals surface area contributed by atoms with Crippen molar-refractivity contribution in [2.75, 3.05) is 6.54 Å². The van der Waals surface area contributed by atoms with Crippen LogP contribution in [0.4, 0.5) is 8.78 Å². The molecule has 0 aliphatic carbocycles. The van der Waals surface area contributed by atoms with Gasteiger partial charge in [0.05, 0.1) is 6.10 Å². The fourth-order valence-corrected chi connectivity index (χ4v) is 2.01. The van der Waals surface area contributed by atoms with E-state index in [1.165, 1.54) is 12.3 Å². The highest BCUT2D eigenvalue weighted by Gasteiger charge is 2.24. The highest BCUT2D eigenvalue weighted by molar-refractivity contribution is 5.27. The average Bonchev–Trinajstić information content (AvgIpc) is 2.42. The van der Waals surface area contributed by atoms with E-state index in [1.54, 1.807) is 18.3 Å². The van der Waals surface area contributed by atoms with Crippen molar-refractivity contribution in [1.29, 1.82) is 0 Å². The van der Waals surface area contributed by atoms with E-state index in [2.05, 4.69) is 4.98 Å². The molecular formula is C14H14F2N2O. The lowest BCUT2D eigenvalue weighted by atomic mass is 9.89. The normalized spacial score (nSPS) is 14.1. The largest absolute Gasteiger partial charge is 0.388 e. The lowest BCUT2D eigenvalue weighted by molar-refractivity contribution is 0.145. The average molecular weight is 264 g/mol. The molecule has 0 fully saturated rings. The van der Waals surface area contributed by atoms with Crippen LogP contribution >= 0.6 is 0 Å². The maximum atomic E-state index is 13.7. The zero-order valence-corrected chi connectivity index (χ0v) is 10.1. The number of aromatic nitrogens is 1. The summed E-state index contributed by atoms with van der Waals surface area (Å²) in [5.74, 6) is -2.02. The second-order valence-corrected chi connectivity index (χ2v) is 4.24. The highest BCUT2D eigenvalue weighted by atomic mass is 19.1. The molecule has 0 aliphatic rings. The van der Waals surface area contributed by atoms with Crippen LogP contribution in [0.2, 0.25) is 0 Å². The van der Waals surface area contributed by atoms with Crippen LogP contribution in [0.5, 0.6) is 0 Å². The van der Waals surface area contributed by atoms with Crippen molar-refractivity contribution < 1.29 is 13.9 Å². The second kappa shape index (κ2) is 5.86. The summed E-state index contributed by atoms with van der Waals surface area (Å²) in [4.78, 5) is 3.90. The summed E-state index contributed by atoms with van der Waals surface area (Å²) in [6.07, 6.45) is 2.08. The molecule has 19 heavy (non-hydrogen) atoms. The number of nitrogens with zero attached hydrogens (tertiary/aromatic N) is 1. The van der Waals surface area contributed by atoms with Crippen molar-refractivity contribution in [1.82, 2.24) is 4.98 Å². The zero-order chi connectivity index (χ0) is 13.8. The SMILES string of the molecule is NCC(c1ccc(F)cc1F)C(O)c1cccnc1. The third-order valence-electron chi connectivity index (χ3n) is 3.02. The van der Waals surface area contributed by atoms with Crippen molar-refractivity contribution in [3.05, 3.63) is 65.5 Å². The molecule has 1 aromatic heterocycles. The Balaban J connectivity index is 2.34. The van der Waals surface area contributed by atoms with Gasteiger partial charge in [-0.1, -0.05) is 12.1 Å². The van der Waals surface area contributed by atoms with Crippen molar-refractivity contribution in [3.8, 4) is 0 Å². The van der Waals surface area contributed by atoms with Crippen molar-refractivity contribution in [3.63, 3.8) is 0 Å². The molecule has 2 atom stereocenters. The maximum absolute atomic E-state index is 13.7. The molecule has 3 N–H and O–H groups in total. The summed E-state index contributed by atoms with van der Waals surface area (Å²) in [7, 11) is 0. The first-order valence-electron chi connectivity index (χ1n) is 5.86. The molecule has 0 radical (unpaired) electrons. The van der Waals surface area contributed by atoms with Gasteiger partial charge in [0, 0.05) is 30.9 Å². The lowest BCUT2D eigenvalue weighted by Gasteiger charge is -2.22. The van der Waals surface area contributed by atoms with E-state index < -0.39 is 23.7 Å². The zero-order valence-electron chi connectivity index (χ0n) is 10.1. The molecule has 0 saturated carbocycles. The molecule has 2 rings (SSSR count). The molecule has 0 amide bonds. The molecular weight excluding hydrogens is 250 g/mol. The molecule has 1 aromatic carbocycles. The van der Waals surface area contributed by atoms with Gasteiger partial charge in [0.25, 0.3) is 0 Å². The summed E-state index contributed by atoms with van der Waals surface area (Å²) < 4.78 is 26.6. The van der Waals surface area contributed by atoms with Crippen LogP contribution in [0, 0.1) is 11.6 Å². The summed E-state index contributed by atoms with van der Waals surface area (Å²) in [6, 6.07) is 6.60. The number of aliphatic hydroxyl groups is 1. The van der Waals surface area contributed by atoms with Gasteiger partial charge in [0.2, 0.25) is 0 Å². The second-order valence-electron chi connectivity index (χ2n) is 4.24. The van der Waals surface area contributed by atoms with Crippen LogP contribution < -0.4 is 5.73 Å². The van der Waals surface area contributed by atoms with E-state index in [0.717, 1.165) is 12.1 Å². The molecule has 0 spiro atoms. The van der Waals surface area contributed by atoms with E-state index in [0.29, 0.717) is 5.56 Å². The van der Waals surface area contributed by atoms with Gasteiger partial charge < -0.3 is 10.8 Å². The Hall–Kier alpha value is -1.85. The standard InChI is InChI=1S/C14H14F2N2O/c15-10-3-4-11(13(16)6-10)12(7-17)14(19)9-2-1-5-18-8-9/h1-6,8,12,14,19H,7,17H2. The van der Waals surface area contributed by atoms with Gasteiger partial charge >= 0.3 is 0 Å². The number of nitrogens with two attached hydrogens (primary N) is 1. The third kappa shape index (κ3) is 2.94. The minimum absolute atomic E-state index is 0.0403. The van der Waals surface area contributed by atoms with Gasteiger partial charge in [0.1, 0.15) is 11.6 Å². The summed E-state index contributed by atoms with van der Waals surface area (Å²) in [5, 5.41) is 10.2. The third-order valence-corrected chi connectivity index (χ3v) is 3.02. The van der Waals surface area contributed by atoms with Crippen LogP contribution in [0.1, 0.15) is 23.1 Å². The minimum atomic E-state index is -0.987. The summed E-state index contributed by atoms with van der Waals surface area (Å²) >= 11 is 0. The first-order valence-corrected chi connectivity index (χ1v) is 5.86. The Labute approximate surface area is 109 Å². The van der Waals surface area contributed by atoms with Gasteiger partial charge in [-0.3, -0.25) is 4.98 Å². The van der Waals surface area contributed by atoms with Crippen LogP contribution in [0.15, 0.2) is 42.7 Å². The van der Waals surface area contributed by atoms with Gasteiger partial charge in [-0.15, -0.1) is 0 Å². The monoisotopic (exact) mass is 264 g/mol. The lowest BCUT2D eigenvalue weighted by Crippen LogP contribution is -2.21. The summed E-state index contributed by atoms with van der Waals surface area (Å²) in [5.41, 5.74) is 6.35. The molecule has 0 bridgehead atoms. The number of aliphatic hydroxyl groups excluding tert-OH is 1. The molecule has 5 heteroatoms. The first kappa shape index (κ1) is 13.6. The van der Waals surface area contributed by atoms with Gasteiger partial charge in [-0.05, 0) is 23.3 Å². The molecule has 1 heterocycles. The van der Waals surface area contributed by atoms with Gasteiger partial charge in [-0.25, -0.2) is 8.78 Å². The Morgan fingerprint density at radius 1 is 1.26 bits per heavy atom. The first-order chi connectivity index (χ1) is 9.13. The van der Waals surface area contributed by atoms with Crippen LogP contribution in [-0.4, -0.2) is 16.6 Å². The summed E-state index contributed by atoms with van der Waals surface area (Å²) in [6.45, 7) is 0.0403. The quantitative estimate of drug-likeness (QED) is 0.889. The smallest absolute Gasteiger partial charge is 0.129 e. The van der Waals surface area contributed by atoms with E-state index in [-0.39, 0.29) is 12.1 Å². The van der Waals surface area contributed by atoms with Crippen LogP contribution in [-0.2, 0) is 0 Å². The number of pyridine rings is 1. The minimum Gasteiger partial charge on any atom is -0.388 e. The van der Waals surface area contributed by atoms with Gasteiger partial charge in [-0.2, -0.15) is 0 Å². The predicted octanol–water partition coefficient (Wildman–Crippen LogP) is 2.14. The Morgan fingerprint density at radius 3 is 2.63 bits per heavy atom. The number of hydrogen-bond donors (Lipinski definition) is 2. The van der Waals surface area contributed by atoms with E-state index >= 15 is 0 Å². The molecule has 0 aliphatic heterocycles. The Kier molecular flexibility index (Phi) is 4.19. The Morgan fingerprint density at radius 2 is 2.05 bits per heavy atom. The molecule has 100 valence electrons. The number of halogens is 2. The highest BCUT2D eigenvalue weighted by Crippen LogP contribution is 2.31. The fourth-order valence-electron chi connectivity index (χ4n) is 2.01. The van der Waals surface area contributed by atoms with Crippen molar-refractivity contribution in [2.24, 2.45) is 5.73 Å². The van der Waals surface area contributed by atoms with Gasteiger partial charge in [0.15, 0.2) is 0 Å². The number of rotatable bonds is 4. The van der Waals surface area contributed by atoms with E-state index in [1.807, 2.05) is 0 Å². The number of benzene rings is 1. The van der Waals surface area contributed by atoms with Crippen LogP contribution in [0.25, 0.3) is 0 Å². The Bertz CT molecular complexity index is 548. The topological polar surface area (TPSA) is 59.1 Å². The predicted molar refractivity (Wildman–Crippen MR) is 67.4 cm³/mol.